The van der Waals surface area contributed by atoms with Crippen LogP contribution in [0.1, 0.15) is 0 Å². The standard InChI is InChI=1S/La.4O.Ti. The van der Waals surface area contributed by atoms with Crippen LogP contribution in [0.15, 0.2) is 0 Å². The molecule has 0 radical (unpaired) electrons. The first-order chi connectivity index (χ1) is 2.73. The summed E-state index contributed by atoms with van der Waals surface area (Å²) in [4.78, 5) is 0. The molecule has 0 aromatic heterocycles. The molecule has 0 atom stereocenters. The molecule has 0 aromatic rings. The van der Waals surface area contributed by atoms with Gasteiger partial charge < -0.3 is 0 Å². The van der Waals surface area contributed by atoms with Crippen LogP contribution in [-0.4, -0.2) is 0 Å². The third-order valence-corrected chi connectivity index (χ3v) is 0. The summed E-state index contributed by atoms with van der Waals surface area (Å²) in [5.41, 5.74) is 0. The maximum absolute atomic E-state index is 8.64. The molecule has 0 aliphatic carbocycles. The van der Waals surface area contributed by atoms with Gasteiger partial charge in [-0.15, -0.1) is 0 Å². The molecule has 0 fully saturated rings. The predicted octanol–water partition coefficient (Wildman–Crippen LogP) is -0.478. The molecule has 0 bridgehead atoms. The van der Waals surface area contributed by atoms with Crippen molar-refractivity contribution < 1.29 is 59.0 Å². The Hall–Kier alpha value is 1.11. The summed E-state index contributed by atoms with van der Waals surface area (Å²) in [5, 5.41) is 0. The Bertz CT molecular complexity index is 87.7. The fourth-order valence-corrected chi connectivity index (χ4v) is 0. The van der Waals surface area contributed by atoms with Crippen LogP contribution >= 0.6 is 0 Å². The van der Waals surface area contributed by atoms with Crippen LogP contribution in [0.4, 0.5) is 0 Å². The molecule has 31 valence electrons. The molecule has 4 nitrogen and oxygen atoms in total. The third-order valence-electron chi connectivity index (χ3n) is 0. The first kappa shape index (κ1) is 10.2. The van der Waals surface area contributed by atoms with E-state index in [1.807, 2.05) is 0 Å². The molecule has 0 amide bonds. The maximum atomic E-state index is 8.64. The Labute approximate surface area is 58.2 Å². The van der Waals surface area contributed by atoms with Gasteiger partial charge in [0.25, 0.3) is 0 Å². The molecule has 6 heavy (non-hydrogen) atoms. The predicted molar refractivity (Wildman–Crippen MR) is 2.75 cm³/mol. The zero-order chi connectivity index (χ0) is 5.58. The van der Waals surface area contributed by atoms with Crippen molar-refractivity contribution in [1.29, 1.82) is 0 Å². The summed E-state index contributed by atoms with van der Waals surface area (Å²) >= 11 is -3.72. The second kappa shape index (κ2) is 9.44. The Kier molecular flexibility index (Phi) is 16.0. The Balaban J connectivity index is 0. The van der Waals surface area contributed by atoms with Crippen LogP contribution < -0.4 is 0 Å². The number of rotatable bonds is 0. The van der Waals surface area contributed by atoms with E-state index in [1.54, 1.807) is 0 Å². The van der Waals surface area contributed by atoms with Gasteiger partial charge in [-0.1, -0.05) is 0 Å². The van der Waals surface area contributed by atoms with Gasteiger partial charge in [0.15, 0.2) is 0 Å². The Morgan fingerprint density at radius 3 is 1.00 bits per heavy atom. The Morgan fingerprint density at radius 1 is 1.00 bits per heavy atom. The molecule has 0 rings (SSSR count). The van der Waals surface area contributed by atoms with E-state index in [1.165, 1.54) is 0 Å². The average molecular weight is 251 g/mol. The second-order valence-corrected chi connectivity index (χ2v) is 2.10. The van der Waals surface area contributed by atoms with Crippen molar-refractivity contribution in [1.82, 2.24) is 0 Å². The molecule has 0 spiro atoms. The molecule has 0 saturated carbocycles. The van der Waals surface area contributed by atoms with E-state index in [2.05, 4.69) is 0 Å². The summed E-state index contributed by atoms with van der Waals surface area (Å²) in [5.74, 6) is 0. The van der Waals surface area contributed by atoms with Gasteiger partial charge in [0, 0.05) is 0 Å². The van der Waals surface area contributed by atoms with Crippen molar-refractivity contribution >= 4 is 0 Å². The quantitative estimate of drug-likeness (QED) is 0.545. The van der Waals surface area contributed by atoms with Crippen molar-refractivity contribution in [2.75, 3.05) is 0 Å². The van der Waals surface area contributed by atoms with Crippen molar-refractivity contribution in [2.45, 2.75) is 0 Å². The summed E-state index contributed by atoms with van der Waals surface area (Å²) < 4.78 is 34.2. The van der Waals surface area contributed by atoms with Crippen molar-refractivity contribution in [3.63, 3.8) is 0 Å². The van der Waals surface area contributed by atoms with Crippen LogP contribution in [0.2, 0.25) is 0 Å². The molecule has 0 saturated heterocycles. The third kappa shape index (κ3) is 70.1. The summed E-state index contributed by atoms with van der Waals surface area (Å²) in [6.45, 7) is 0. The fourth-order valence-electron chi connectivity index (χ4n) is 0. The van der Waals surface area contributed by atoms with Gasteiger partial charge in [0.2, 0.25) is 0 Å². The van der Waals surface area contributed by atoms with E-state index >= 15 is 0 Å². The van der Waals surface area contributed by atoms with Gasteiger partial charge in [-0.3, -0.25) is 0 Å². The van der Waals surface area contributed by atoms with E-state index in [0.717, 1.165) is 20.4 Å². The van der Waals surface area contributed by atoms with Crippen LogP contribution in [0, 0.1) is 30.2 Å². The number of hydrogen-bond donors (Lipinski definition) is 0. The van der Waals surface area contributed by atoms with Gasteiger partial charge in [0.1, 0.15) is 0 Å². The minimum absolute atomic E-state index is 0.750. The molecular formula is LaO4Ti. The van der Waals surface area contributed by atoms with Crippen molar-refractivity contribution in [3.8, 4) is 0 Å². The molecular weight excluding hydrogens is 251 g/mol. The molecule has 6 heteroatoms. The van der Waals surface area contributed by atoms with Crippen LogP contribution in [0.25, 0.3) is 0 Å². The second-order valence-electron chi connectivity index (χ2n) is 0.289. The summed E-state index contributed by atoms with van der Waals surface area (Å²) in [6, 6.07) is 0. The van der Waals surface area contributed by atoms with Crippen LogP contribution in [-0.2, 0) is 28.8 Å². The van der Waals surface area contributed by atoms with E-state index in [0.29, 0.717) is 0 Å². The van der Waals surface area contributed by atoms with E-state index in [-0.39, 0.29) is 0 Å². The Morgan fingerprint density at radius 2 is 1.00 bits per heavy atom. The molecule has 0 N–H and O–H groups in total. The molecule has 0 aromatic carbocycles. The zero-order valence-electron chi connectivity index (χ0n) is 2.71. The number of hydrogen-bond acceptors (Lipinski definition) is 4. The normalized spacial score (nSPS) is 3.00. The van der Waals surface area contributed by atoms with Gasteiger partial charge >= 0.3 is 59.0 Å². The minimum atomic E-state index is -4.47. The van der Waals surface area contributed by atoms with E-state index in [4.69, 9.17) is 8.41 Å². The van der Waals surface area contributed by atoms with Crippen LogP contribution in [0.3, 0.4) is 0 Å². The SMILES string of the molecule is [O]=[La](=[O])=[O].[O]=[Ti]. The van der Waals surface area contributed by atoms with Gasteiger partial charge in [-0.25, -0.2) is 0 Å². The van der Waals surface area contributed by atoms with E-state index in [9.17, 15) is 0 Å². The van der Waals surface area contributed by atoms with E-state index < -0.39 is 30.2 Å². The van der Waals surface area contributed by atoms with Gasteiger partial charge in [0.05, 0.1) is 0 Å². The topological polar surface area (TPSA) is 68.3 Å². The summed E-state index contributed by atoms with van der Waals surface area (Å²) in [7, 11) is 0. The summed E-state index contributed by atoms with van der Waals surface area (Å²) in [6.07, 6.45) is 0. The first-order valence-corrected chi connectivity index (χ1v) is 5.99. The zero-order valence-corrected chi connectivity index (χ0v) is 7.90. The average Bonchev–Trinajstić information content (AvgIpc) is 1.41. The molecule has 0 aliphatic rings. The van der Waals surface area contributed by atoms with Crippen molar-refractivity contribution in [2.24, 2.45) is 0 Å². The first-order valence-electron chi connectivity index (χ1n) is 0.911. The van der Waals surface area contributed by atoms with Gasteiger partial charge in [-0.2, -0.15) is 0 Å². The van der Waals surface area contributed by atoms with Crippen LogP contribution in [0.5, 0.6) is 0 Å². The monoisotopic (exact) mass is 251 g/mol. The molecule has 0 aliphatic heterocycles. The molecule has 0 heterocycles. The van der Waals surface area contributed by atoms with Crippen molar-refractivity contribution in [3.05, 3.63) is 0 Å². The fraction of sp³-hybridized carbons (Fsp3) is 0. The molecule has 0 unspecified atom stereocenters. The van der Waals surface area contributed by atoms with Gasteiger partial charge in [-0.05, 0) is 0 Å².